The highest BCUT2D eigenvalue weighted by molar-refractivity contribution is 7.17. The molecule has 3 fully saturated rings. The Kier molecular flexibility index (Phi) is 4.08. The minimum atomic E-state index is -0.204. The van der Waals surface area contributed by atoms with Gasteiger partial charge in [-0.2, -0.15) is 0 Å². The van der Waals surface area contributed by atoms with Gasteiger partial charge in [0.15, 0.2) is 0 Å². The summed E-state index contributed by atoms with van der Waals surface area (Å²) < 4.78 is 0. The summed E-state index contributed by atoms with van der Waals surface area (Å²) in [6, 6.07) is 0.968. The molecule has 6 rings (SSSR count). The number of hydrogen-bond donors (Lipinski definition) is 2. The lowest BCUT2D eigenvalue weighted by Crippen LogP contribution is -2.61. The Morgan fingerprint density at radius 3 is 2.96 bits per heavy atom. The number of carbonyl (C=O) groups excluding carboxylic acids is 1. The van der Waals surface area contributed by atoms with Crippen LogP contribution in [0, 0.1) is 0 Å². The van der Waals surface area contributed by atoms with E-state index in [-0.39, 0.29) is 5.91 Å². The van der Waals surface area contributed by atoms with E-state index in [9.17, 15) is 4.79 Å². The van der Waals surface area contributed by atoms with Crippen LogP contribution >= 0.6 is 34.3 Å². The van der Waals surface area contributed by atoms with Gasteiger partial charge in [-0.05, 0) is 12.8 Å². The Hall–Kier alpha value is -1.74. The first-order valence-electron chi connectivity index (χ1n) is 8.46. The predicted octanol–water partition coefficient (Wildman–Crippen LogP) is 3.60. The van der Waals surface area contributed by atoms with Gasteiger partial charge in [-0.15, -0.1) is 22.7 Å². The number of fused-ring (bicyclic) bond motifs is 4. The van der Waals surface area contributed by atoms with Gasteiger partial charge in [0.1, 0.15) is 16.2 Å². The molecular weight excluding hydrogens is 390 g/mol. The molecule has 0 aliphatic carbocycles. The van der Waals surface area contributed by atoms with Gasteiger partial charge in [-0.3, -0.25) is 4.79 Å². The molecule has 1 amide bonds. The summed E-state index contributed by atoms with van der Waals surface area (Å²) in [5.74, 6) is 0.652. The number of halogens is 1. The van der Waals surface area contributed by atoms with Gasteiger partial charge >= 0.3 is 0 Å². The van der Waals surface area contributed by atoms with E-state index in [1.54, 1.807) is 5.38 Å². The predicted molar refractivity (Wildman–Crippen MR) is 107 cm³/mol. The summed E-state index contributed by atoms with van der Waals surface area (Å²) in [4.78, 5) is 25.2. The molecule has 3 aliphatic heterocycles. The Morgan fingerprint density at radius 2 is 2.27 bits per heavy atom. The van der Waals surface area contributed by atoms with Crippen LogP contribution in [0.1, 0.15) is 23.2 Å². The van der Waals surface area contributed by atoms with Crippen LogP contribution in [0.4, 0.5) is 11.5 Å². The molecule has 0 spiro atoms. The highest BCUT2D eigenvalue weighted by atomic mass is 35.5. The van der Waals surface area contributed by atoms with Gasteiger partial charge in [-0.1, -0.05) is 11.6 Å². The average Bonchev–Trinajstić information content (AvgIpc) is 3.28. The van der Waals surface area contributed by atoms with E-state index in [2.05, 4.69) is 20.5 Å². The molecule has 3 aromatic heterocycles. The zero-order valence-corrected chi connectivity index (χ0v) is 16.1. The van der Waals surface area contributed by atoms with Crippen LogP contribution in [0.2, 0.25) is 5.02 Å². The van der Waals surface area contributed by atoms with Crippen molar-refractivity contribution >= 4 is 62.0 Å². The van der Waals surface area contributed by atoms with Gasteiger partial charge in [0.2, 0.25) is 0 Å². The number of aromatic nitrogens is 2. The van der Waals surface area contributed by atoms with Crippen LogP contribution in [0.3, 0.4) is 0 Å². The molecule has 0 unspecified atom stereocenters. The smallest absolute Gasteiger partial charge is 0.258 e. The van der Waals surface area contributed by atoms with Gasteiger partial charge in [0.25, 0.3) is 5.91 Å². The summed E-state index contributed by atoms with van der Waals surface area (Å²) in [6.45, 7) is 1.93. The molecule has 2 bridgehead atoms. The number of carbonyl (C=O) groups is 1. The van der Waals surface area contributed by atoms with Gasteiger partial charge in [0.05, 0.1) is 22.5 Å². The minimum absolute atomic E-state index is 0.204. The lowest BCUT2D eigenvalue weighted by molar-refractivity contribution is 0.102. The summed E-state index contributed by atoms with van der Waals surface area (Å²) in [6.07, 6.45) is 4.21. The number of anilines is 2. The molecule has 134 valence electrons. The maximum atomic E-state index is 12.7. The van der Waals surface area contributed by atoms with E-state index < -0.39 is 0 Å². The molecule has 0 radical (unpaired) electrons. The SMILES string of the molecule is O=C(Nc1cscc1Cl)c1csc2ncc(N3C[C@H]4CC[C@@H]3CN4)nc12. The topological polar surface area (TPSA) is 70.2 Å². The summed E-state index contributed by atoms with van der Waals surface area (Å²) in [5.41, 5.74) is 1.83. The van der Waals surface area contributed by atoms with E-state index in [0.717, 1.165) is 23.7 Å². The molecule has 26 heavy (non-hydrogen) atoms. The minimum Gasteiger partial charge on any atom is -0.349 e. The van der Waals surface area contributed by atoms with Crippen molar-refractivity contribution in [3.05, 3.63) is 32.9 Å². The first-order chi connectivity index (χ1) is 12.7. The highest BCUT2D eigenvalue weighted by Gasteiger charge is 2.34. The number of nitrogens with one attached hydrogen (secondary N) is 2. The number of piperidine rings is 2. The van der Waals surface area contributed by atoms with Crippen molar-refractivity contribution < 1.29 is 4.79 Å². The Bertz CT molecular complexity index is 979. The molecular formula is C17H16ClN5OS2. The summed E-state index contributed by atoms with van der Waals surface area (Å²) in [7, 11) is 0. The molecule has 6 heterocycles. The van der Waals surface area contributed by atoms with Crippen molar-refractivity contribution in [3.63, 3.8) is 0 Å². The fourth-order valence-electron chi connectivity index (χ4n) is 3.65. The molecule has 3 aliphatic rings. The highest BCUT2D eigenvalue weighted by Crippen LogP contribution is 2.31. The molecule has 0 saturated carbocycles. The maximum absolute atomic E-state index is 12.7. The van der Waals surface area contributed by atoms with Crippen LogP contribution in [-0.4, -0.2) is 41.0 Å². The standard InChI is InChI=1S/C17H16ClN5OS2/c18-12-7-25-8-13(12)21-16(24)11-6-26-17-15(11)22-14(4-20-17)23-5-9-1-2-10(23)3-19-9/h4,6-10,19H,1-3,5H2,(H,21,24)/t9-,10-/m1/s1. The van der Waals surface area contributed by atoms with Gasteiger partial charge in [0, 0.05) is 41.3 Å². The monoisotopic (exact) mass is 405 g/mol. The average molecular weight is 406 g/mol. The third-order valence-electron chi connectivity index (χ3n) is 5.02. The molecule has 2 N–H and O–H groups in total. The fraction of sp³-hybridized carbons (Fsp3) is 0.353. The normalized spacial score (nSPS) is 22.1. The molecule has 2 atom stereocenters. The van der Waals surface area contributed by atoms with Crippen molar-refractivity contribution in [2.45, 2.75) is 24.9 Å². The van der Waals surface area contributed by atoms with E-state index in [4.69, 9.17) is 16.6 Å². The quantitative estimate of drug-likeness (QED) is 0.696. The van der Waals surface area contributed by atoms with E-state index in [1.807, 2.05) is 17.0 Å². The fourth-order valence-corrected chi connectivity index (χ4v) is 5.44. The number of rotatable bonds is 3. The lowest BCUT2D eigenvalue weighted by Gasteiger charge is -2.46. The number of piperazine rings is 1. The van der Waals surface area contributed by atoms with E-state index in [1.165, 1.54) is 35.5 Å². The first-order valence-corrected chi connectivity index (χ1v) is 10.7. The number of amides is 1. The number of hydrogen-bond acceptors (Lipinski definition) is 7. The van der Waals surface area contributed by atoms with E-state index in [0.29, 0.717) is 33.9 Å². The number of thiophene rings is 2. The summed E-state index contributed by atoms with van der Waals surface area (Å²) in [5, 5.41) is 12.4. The maximum Gasteiger partial charge on any atom is 0.258 e. The van der Waals surface area contributed by atoms with Crippen LogP contribution in [0.15, 0.2) is 22.3 Å². The van der Waals surface area contributed by atoms with Crippen LogP contribution < -0.4 is 15.5 Å². The number of nitrogens with zero attached hydrogens (tertiary/aromatic N) is 3. The van der Waals surface area contributed by atoms with Crippen LogP contribution in [0.5, 0.6) is 0 Å². The van der Waals surface area contributed by atoms with Crippen molar-refractivity contribution in [3.8, 4) is 0 Å². The van der Waals surface area contributed by atoms with Crippen molar-refractivity contribution in [2.75, 3.05) is 23.3 Å². The Morgan fingerprint density at radius 1 is 1.35 bits per heavy atom. The van der Waals surface area contributed by atoms with Crippen molar-refractivity contribution in [1.29, 1.82) is 0 Å². The lowest BCUT2D eigenvalue weighted by atomic mass is 9.93. The van der Waals surface area contributed by atoms with E-state index >= 15 is 0 Å². The van der Waals surface area contributed by atoms with Crippen LogP contribution in [0.25, 0.3) is 10.3 Å². The van der Waals surface area contributed by atoms with Gasteiger partial charge < -0.3 is 15.5 Å². The first kappa shape index (κ1) is 16.4. The zero-order chi connectivity index (χ0) is 17.7. The molecule has 3 saturated heterocycles. The molecule has 0 aromatic carbocycles. The van der Waals surface area contributed by atoms with Crippen molar-refractivity contribution in [1.82, 2.24) is 15.3 Å². The Balaban J connectivity index is 1.47. The largest absolute Gasteiger partial charge is 0.349 e. The second kappa shape index (κ2) is 6.45. The third kappa shape index (κ3) is 2.77. The second-order valence-corrected chi connectivity index (χ2v) is 8.62. The third-order valence-corrected chi connectivity index (χ3v) is 7.08. The van der Waals surface area contributed by atoms with Gasteiger partial charge in [-0.25, -0.2) is 9.97 Å². The summed E-state index contributed by atoms with van der Waals surface area (Å²) >= 11 is 8.97. The molecule has 3 aromatic rings. The van der Waals surface area contributed by atoms with Crippen LogP contribution in [-0.2, 0) is 0 Å². The zero-order valence-electron chi connectivity index (χ0n) is 13.7. The molecule has 9 heteroatoms. The van der Waals surface area contributed by atoms with Crippen molar-refractivity contribution in [2.24, 2.45) is 0 Å². The Labute approximate surface area is 163 Å². The second-order valence-electron chi connectivity index (χ2n) is 6.61. The molecule has 6 nitrogen and oxygen atoms in total.